The molecule has 1 fully saturated rings. The highest BCUT2D eigenvalue weighted by Gasteiger charge is 2.40. The fourth-order valence-corrected chi connectivity index (χ4v) is 4.31. The molecule has 27 heavy (non-hydrogen) atoms. The van der Waals surface area contributed by atoms with E-state index in [0.717, 1.165) is 43.4 Å². The molecule has 4 heteroatoms. The third-order valence-electron chi connectivity index (χ3n) is 5.76. The maximum Gasteiger partial charge on any atom is 0.310 e. The van der Waals surface area contributed by atoms with Gasteiger partial charge in [0.1, 0.15) is 6.61 Å². The molecule has 1 aliphatic carbocycles. The quantitative estimate of drug-likeness (QED) is 0.768. The van der Waals surface area contributed by atoms with Crippen LogP contribution in [0, 0.1) is 11.8 Å². The van der Waals surface area contributed by atoms with Crippen molar-refractivity contribution in [2.75, 3.05) is 11.4 Å². The summed E-state index contributed by atoms with van der Waals surface area (Å²) in [5, 5.41) is 0. The Bertz CT molecular complexity index is 817. The number of ether oxygens (including phenoxy) is 1. The monoisotopic (exact) mass is 363 g/mol. The molecule has 0 spiro atoms. The van der Waals surface area contributed by atoms with Gasteiger partial charge in [0, 0.05) is 12.2 Å². The van der Waals surface area contributed by atoms with E-state index in [1.54, 1.807) is 0 Å². The number of carbonyl (C=O) groups excluding carboxylic acids is 2. The zero-order valence-corrected chi connectivity index (χ0v) is 15.5. The maximum atomic E-state index is 13.3. The average molecular weight is 363 g/mol. The first-order chi connectivity index (χ1) is 13.2. The van der Waals surface area contributed by atoms with Crippen LogP contribution in [0.4, 0.5) is 5.69 Å². The van der Waals surface area contributed by atoms with Crippen molar-refractivity contribution in [2.24, 2.45) is 11.8 Å². The lowest BCUT2D eigenvalue weighted by Crippen LogP contribution is -2.42. The average Bonchev–Trinajstić information content (AvgIpc) is 3.16. The van der Waals surface area contributed by atoms with E-state index in [0.29, 0.717) is 6.54 Å². The second-order valence-electron chi connectivity index (χ2n) is 7.46. The van der Waals surface area contributed by atoms with Gasteiger partial charge in [-0.15, -0.1) is 0 Å². The summed E-state index contributed by atoms with van der Waals surface area (Å²) in [6.45, 7) is 0.976. The van der Waals surface area contributed by atoms with E-state index in [1.165, 1.54) is 5.56 Å². The number of hydrogen-bond acceptors (Lipinski definition) is 3. The SMILES string of the molecule is O=C(OCc1ccccc1)[C@H]1CCCC[C@@H]1C(=O)N1CCc2ccccc21. The van der Waals surface area contributed by atoms with Crippen LogP contribution in [0.2, 0.25) is 0 Å². The van der Waals surface area contributed by atoms with Gasteiger partial charge in [0.2, 0.25) is 5.91 Å². The summed E-state index contributed by atoms with van der Waals surface area (Å²) in [5.41, 5.74) is 3.19. The molecule has 0 saturated heterocycles. The molecule has 1 saturated carbocycles. The largest absolute Gasteiger partial charge is 0.461 e. The lowest BCUT2D eigenvalue weighted by molar-refractivity contribution is -0.155. The number of nitrogens with zero attached hydrogens (tertiary/aromatic N) is 1. The minimum Gasteiger partial charge on any atom is -0.461 e. The number of esters is 1. The van der Waals surface area contributed by atoms with E-state index in [4.69, 9.17) is 4.74 Å². The molecule has 2 aromatic carbocycles. The first kappa shape index (κ1) is 17.8. The van der Waals surface area contributed by atoms with Gasteiger partial charge < -0.3 is 9.64 Å². The fraction of sp³-hybridized carbons (Fsp3) is 0.391. The number of para-hydroxylation sites is 1. The molecular formula is C23H25NO3. The normalized spacial score (nSPS) is 21.6. The molecule has 1 aliphatic heterocycles. The molecule has 2 aromatic rings. The molecular weight excluding hydrogens is 338 g/mol. The van der Waals surface area contributed by atoms with Gasteiger partial charge in [-0.1, -0.05) is 61.4 Å². The lowest BCUT2D eigenvalue weighted by Gasteiger charge is -2.32. The second-order valence-corrected chi connectivity index (χ2v) is 7.46. The summed E-state index contributed by atoms with van der Waals surface area (Å²) in [5.74, 6) is -0.749. The number of rotatable bonds is 4. The summed E-state index contributed by atoms with van der Waals surface area (Å²) >= 11 is 0. The molecule has 1 heterocycles. The standard InChI is InChI=1S/C23H25NO3/c25-22(24-15-14-18-10-4-7-13-21(18)24)19-11-5-6-12-20(19)23(26)27-16-17-8-2-1-3-9-17/h1-4,7-10,13,19-20H,5-6,11-12,14-16H2/t19-,20-/m0/s1. The minimum atomic E-state index is -0.331. The van der Waals surface area contributed by atoms with Crippen LogP contribution in [-0.2, 0) is 27.4 Å². The van der Waals surface area contributed by atoms with Crippen LogP contribution in [-0.4, -0.2) is 18.4 Å². The number of anilines is 1. The summed E-state index contributed by atoms with van der Waals surface area (Å²) in [4.78, 5) is 27.9. The Kier molecular flexibility index (Phi) is 5.23. The van der Waals surface area contributed by atoms with Gasteiger partial charge in [0.05, 0.1) is 11.8 Å². The molecule has 0 bridgehead atoms. The molecule has 2 atom stereocenters. The van der Waals surface area contributed by atoms with Crippen molar-refractivity contribution >= 4 is 17.6 Å². The maximum absolute atomic E-state index is 13.3. The van der Waals surface area contributed by atoms with Gasteiger partial charge in [-0.2, -0.15) is 0 Å². The Hall–Kier alpha value is -2.62. The van der Waals surface area contributed by atoms with Crippen molar-refractivity contribution in [3.63, 3.8) is 0 Å². The number of hydrogen-bond donors (Lipinski definition) is 0. The molecule has 0 aromatic heterocycles. The molecule has 0 unspecified atom stereocenters. The van der Waals surface area contributed by atoms with Crippen LogP contribution in [0.3, 0.4) is 0 Å². The molecule has 1 amide bonds. The number of carbonyl (C=O) groups is 2. The predicted molar refractivity (Wildman–Crippen MR) is 104 cm³/mol. The number of fused-ring (bicyclic) bond motifs is 1. The lowest BCUT2D eigenvalue weighted by atomic mass is 9.78. The van der Waals surface area contributed by atoms with Crippen LogP contribution in [0.15, 0.2) is 54.6 Å². The fourth-order valence-electron chi connectivity index (χ4n) is 4.31. The molecule has 140 valence electrons. The van der Waals surface area contributed by atoms with E-state index < -0.39 is 0 Å². The minimum absolute atomic E-state index is 0.0845. The summed E-state index contributed by atoms with van der Waals surface area (Å²) in [7, 11) is 0. The Morgan fingerprint density at radius 1 is 0.926 bits per heavy atom. The van der Waals surface area contributed by atoms with E-state index >= 15 is 0 Å². The van der Waals surface area contributed by atoms with Crippen molar-refractivity contribution in [3.8, 4) is 0 Å². The van der Waals surface area contributed by atoms with Crippen LogP contribution in [0.5, 0.6) is 0 Å². The van der Waals surface area contributed by atoms with Gasteiger partial charge in [0.25, 0.3) is 0 Å². The molecule has 2 aliphatic rings. The van der Waals surface area contributed by atoms with Crippen molar-refractivity contribution in [3.05, 3.63) is 65.7 Å². The van der Waals surface area contributed by atoms with Crippen molar-refractivity contribution in [1.29, 1.82) is 0 Å². The molecule has 0 radical (unpaired) electrons. The predicted octanol–water partition coefficient (Wildman–Crippen LogP) is 4.13. The Balaban J connectivity index is 1.46. The molecule has 4 nitrogen and oxygen atoms in total. The van der Waals surface area contributed by atoms with Crippen LogP contribution >= 0.6 is 0 Å². The van der Waals surface area contributed by atoms with E-state index in [2.05, 4.69) is 6.07 Å². The van der Waals surface area contributed by atoms with Gasteiger partial charge >= 0.3 is 5.97 Å². The van der Waals surface area contributed by atoms with E-state index in [-0.39, 0.29) is 30.3 Å². The Labute approximate surface area is 160 Å². The Morgan fingerprint density at radius 3 is 2.44 bits per heavy atom. The zero-order chi connectivity index (χ0) is 18.6. The summed E-state index contributed by atoms with van der Waals surface area (Å²) in [6.07, 6.45) is 4.36. The van der Waals surface area contributed by atoms with E-state index in [9.17, 15) is 9.59 Å². The van der Waals surface area contributed by atoms with Crippen LogP contribution < -0.4 is 4.90 Å². The summed E-state index contributed by atoms with van der Waals surface area (Å²) < 4.78 is 5.57. The van der Waals surface area contributed by atoms with Gasteiger partial charge in [-0.25, -0.2) is 0 Å². The first-order valence-corrected chi connectivity index (χ1v) is 9.84. The molecule has 4 rings (SSSR count). The van der Waals surface area contributed by atoms with Gasteiger partial charge in [-0.05, 0) is 36.5 Å². The zero-order valence-electron chi connectivity index (χ0n) is 15.5. The topological polar surface area (TPSA) is 46.6 Å². The third kappa shape index (κ3) is 3.75. The van der Waals surface area contributed by atoms with E-state index in [1.807, 2.05) is 53.4 Å². The number of amides is 1. The van der Waals surface area contributed by atoms with Gasteiger partial charge in [-0.3, -0.25) is 9.59 Å². The van der Waals surface area contributed by atoms with Crippen molar-refractivity contribution in [2.45, 2.75) is 38.7 Å². The first-order valence-electron chi connectivity index (χ1n) is 9.84. The van der Waals surface area contributed by atoms with Crippen LogP contribution in [0.25, 0.3) is 0 Å². The molecule has 0 N–H and O–H groups in total. The van der Waals surface area contributed by atoms with Crippen molar-refractivity contribution < 1.29 is 14.3 Å². The Morgan fingerprint density at radius 2 is 1.63 bits per heavy atom. The van der Waals surface area contributed by atoms with Crippen LogP contribution in [0.1, 0.15) is 36.8 Å². The van der Waals surface area contributed by atoms with Crippen molar-refractivity contribution in [1.82, 2.24) is 0 Å². The summed E-state index contributed by atoms with van der Waals surface area (Å²) in [6, 6.07) is 17.8. The highest BCUT2D eigenvalue weighted by Crippen LogP contribution is 2.36. The third-order valence-corrected chi connectivity index (χ3v) is 5.76. The smallest absolute Gasteiger partial charge is 0.310 e. The highest BCUT2D eigenvalue weighted by atomic mass is 16.5. The van der Waals surface area contributed by atoms with Gasteiger partial charge in [0.15, 0.2) is 0 Å². The second kappa shape index (κ2) is 7.95. The number of benzene rings is 2. The highest BCUT2D eigenvalue weighted by molar-refractivity contribution is 5.99.